The van der Waals surface area contributed by atoms with Gasteiger partial charge in [0.1, 0.15) is 0 Å². The van der Waals surface area contributed by atoms with Gasteiger partial charge in [0.15, 0.2) is 0 Å². The summed E-state index contributed by atoms with van der Waals surface area (Å²) >= 11 is 0. The summed E-state index contributed by atoms with van der Waals surface area (Å²) in [5.41, 5.74) is 2.02. The second-order valence-electron chi connectivity index (χ2n) is 5.00. The molecule has 3 nitrogen and oxygen atoms in total. The van der Waals surface area contributed by atoms with E-state index in [1.54, 1.807) is 18.2 Å². The van der Waals surface area contributed by atoms with E-state index >= 15 is 0 Å². The lowest BCUT2D eigenvalue weighted by Crippen LogP contribution is -2.33. The fraction of sp³-hybridized carbons (Fsp3) is 0.375. The third kappa shape index (κ3) is 4.62. The molecule has 0 aromatic heterocycles. The van der Waals surface area contributed by atoms with Crippen molar-refractivity contribution in [3.8, 4) is 0 Å². The summed E-state index contributed by atoms with van der Waals surface area (Å²) in [5, 5.41) is 0. The van der Waals surface area contributed by atoms with Crippen molar-refractivity contribution in [1.82, 2.24) is 4.31 Å². The fourth-order valence-corrected chi connectivity index (χ4v) is 3.22. The Balaban J connectivity index is 2.99. The first-order valence-electron chi connectivity index (χ1n) is 6.70. The lowest BCUT2D eigenvalue weighted by atomic mass is 10.2. The summed E-state index contributed by atoms with van der Waals surface area (Å²) < 4.78 is 26.8. The Morgan fingerprint density at radius 3 is 2.35 bits per heavy atom. The topological polar surface area (TPSA) is 37.4 Å². The van der Waals surface area contributed by atoms with Crippen LogP contribution in [0.25, 0.3) is 0 Å². The van der Waals surface area contributed by atoms with E-state index in [2.05, 4.69) is 13.2 Å². The summed E-state index contributed by atoms with van der Waals surface area (Å²) in [6.45, 7) is 12.2. The van der Waals surface area contributed by atoms with E-state index in [1.165, 1.54) is 4.31 Å². The third-order valence-corrected chi connectivity index (χ3v) is 4.94. The van der Waals surface area contributed by atoms with Crippen LogP contribution in [0.1, 0.15) is 25.3 Å². The van der Waals surface area contributed by atoms with Gasteiger partial charge >= 0.3 is 0 Å². The maximum Gasteiger partial charge on any atom is 0.243 e. The molecular weight excluding hydrogens is 270 g/mol. The lowest BCUT2D eigenvalue weighted by molar-refractivity contribution is 0.419. The van der Waals surface area contributed by atoms with Crippen molar-refractivity contribution in [2.45, 2.75) is 31.6 Å². The van der Waals surface area contributed by atoms with Crippen LogP contribution in [-0.2, 0) is 10.0 Å². The van der Waals surface area contributed by atoms with Crippen LogP contribution in [0.4, 0.5) is 0 Å². The standard InChI is InChI=1S/C16H23NO2S/c1-5-6-12-17(13-11-14(2)3)20(18,19)16-9-7-15(4)8-10-16/h5,7-10H,1-2,6,11-13H2,3-4H3. The smallest absolute Gasteiger partial charge is 0.207 e. The molecule has 4 heteroatoms. The largest absolute Gasteiger partial charge is 0.243 e. The van der Waals surface area contributed by atoms with Crippen molar-refractivity contribution in [3.05, 3.63) is 54.6 Å². The van der Waals surface area contributed by atoms with Crippen molar-refractivity contribution in [3.63, 3.8) is 0 Å². The Morgan fingerprint density at radius 1 is 1.25 bits per heavy atom. The molecule has 1 rings (SSSR count). The molecular formula is C16H23NO2S. The number of rotatable bonds is 8. The molecule has 0 saturated carbocycles. The number of sulfonamides is 1. The highest BCUT2D eigenvalue weighted by Crippen LogP contribution is 2.18. The Bertz CT molecular complexity index is 559. The third-order valence-electron chi connectivity index (χ3n) is 3.03. The fourth-order valence-electron chi connectivity index (χ4n) is 1.76. The van der Waals surface area contributed by atoms with Gasteiger partial charge in [-0.3, -0.25) is 0 Å². The first-order valence-corrected chi connectivity index (χ1v) is 8.14. The van der Waals surface area contributed by atoms with Crippen LogP contribution in [0, 0.1) is 6.92 Å². The SMILES string of the molecule is C=CCCN(CCC(=C)C)S(=O)(=O)c1ccc(C)cc1. The maximum atomic E-state index is 12.6. The average Bonchev–Trinajstić information content (AvgIpc) is 2.38. The molecule has 0 spiro atoms. The predicted octanol–water partition coefficient (Wildman–Crippen LogP) is 3.53. The van der Waals surface area contributed by atoms with E-state index in [1.807, 2.05) is 26.0 Å². The molecule has 0 unspecified atom stereocenters. The summed E-state index contributed by atoms with van der Waals surface area (Å²) in [4.78, 5) is 0.342. The van der Waals surface area contributed by atoms with E-state index in [0.29, 0.717) is 30.8 Å². The highest BCUT2D eigenvalue weighted by Gasteiger charge is 2.23. The van der Waals surface area contributed by atoms with Crippen molar-refractivity contribution in [1.29, 1.82) is 0 Å². The molecule has 1 aromatic carbocycles. The molecule has 1 aromatic rings. The minimum Gasteiger partial charge on any atom is -0.207 e. The van der Waals surface area contributed by atoms with Gasteiger partial charge in [-0.1, -0.05) is 29.3 Å². The molecule has 0 N–H and O–H groups in total. The van der Waals surface area contributed by atoms with Crippen LogP contribution in [0.3, 0.4) is 0 Å². The molecule has 110 valence electrons. The Morgan fingerprint density at radius 2 is 1.85 bits per heavy atom. The van der Waals surface area contributed by atoms with Crippen LogP contribution in [-0.4, -0.2) is 25.8 Å². The number of benzene rings is 1. The monoisotopic (exact) mass is 293 g/mol. The lowest BCUT2D eigenvalue weighted by Gasteiger charge is -2.22. The highest BCUT2D eigenvalue weighted by atomic mass is 32.2. The molecule has 0 fully saturated rings. The van der Waals surface area contributed by atoms with Crippen LogP contribution < -0.4 is 0 Å². The van der Waals surface area contributed by atoms with Gasteiger partial charge in [0.2, 0.25) is 10.0 Å². The minimum atomic E-state index is -3.44. The van der Waals surface area contributed by atoms with E-state index in [-0.39, 0.29) is 0 Å². The summed E-state index contributed by atoms with van der Waals surface area (Å²) in [7, 11) is -3.44. The van der Waals surface area contributed by atoms with Gasteiger partial charge in [-0.2, -0.15) is 4.31 Å². The molecule has 0 atom stereocenters. The molecule has 0 aliphatic carbocycles. The summed E-state index contributed by atoms with van der Waals surface area (Å²) in [6.07, 6.45) is 3.04. The van der Waals surface area contributed by atoms with Crippen LogP contribution in [0.2, 0.25) is 0 Å². The van der Waals surface area contributed by atoms with Crippen molar-refractivity contribution < 1.29 is 8.42 Å². The maximum absolute atomic E-state index is 12.6. The van der Waals surface area contributed by atoms with Crippen molar-refractivity contribution in [2.24, 2.45) is 0 Å². The first kappa shape index (κ1) is 16.7. The Labute approximate surface area is 122 Å². The zero-order chi connectivity index (χ0) is 15.2. The molecule has 0 aliphatic rings. The van der Waals surface area contributed by atoms with Gasteiger partial charge < -0.3 is 0 Å². The second kappa shape index (κ2) is 7.41. The molecule has 0 saturated heterocycles. The zero-order valence-corrected chi connectivity index (χ0v) is 13.1. The quantitative estimate of drug-likeness (QED) is 0.688. The van der Waals surface area contributed by atoms with Gasteiger partial charge in [-0.05, 0) is 38.8 Å². The van der Waals surface area contributed by atoms with Gasteiger partial charge in [-0.25, -0.2) is 8.42 Å². The molecule has 0 bridgehead atoms. The van der Waals surface area contributed by atoms with E-state index in [0.717, 1.165) is 11.1 Å². The number of hydrogen-bond acceptors (Lipinski definition) is 2. The van der Waals surface area contributed by atoms with E-state index in [9.17, 15) is 8.42 Å². The van der Waals surface area contributed by atoms with E-state index in [4.69, 9.17) is 0 Å². The number of aryl methyl sites for hydroxylation is 1. The van der Waals surface area contributed by atoms with Crippen LogP contribution in [0.5, 0.6) is 0 Å². The van der Waals surface area contributed by atoms with Crippen LogP contribution >= 0.6 is 0 Å². The molecule has 20 heavy (non-hydrogen) atoms. The number of hydrogen-bond donors (Lipinski definition) is 0. The normalized spacial score (nSPS) is 11.6. The summed E-state index contributed by atoms with van der Waals surface area (Å²) in [6, 6.07) is 6.95. The average molecular weight is 293 g/mol. The van der Waals surface area contributed by atoms with Gasteiger partial charge in [0, 0.05) is 13.1 Å². The predicted molar refractivity (Wildman–Crippen MR) is 84.2 cm³/mol. The minimum absolute atomic E-state index is 0.342. The van der Waals surface area contributed by atoms with E-state index < -0.39 is 10.0 Å². The highest BCUT2D eigenvalue weighted by molar-refractivity contribution is 7.89. The van der Waals surface area contributed by atoms with Gasteiger partial charge in [0.05, 0.1) is 4.90 Å². The van der Waals surface area contributed by atoms with Crippen molar-refractivity contribution in [2.75, 3.05) is 13.1 Å². The molecule has 0 radical (unpaired) electrons. The molecule has 0 amide bonds. The van der Waals surface area contributed by atoms with Crippen LogP contribution in [0.15, 0.2) is 54.0 Å². The Kier molecular flexibility index (Phi) is 6.17. The molecule has 0 heterocycles. The van der Waals surface area contributed by atoms with Gasteiger partial charge in [-0.15, -0.1) is 13.2 Å². The number of nitrogens with zero attached hydrogens (tertiary/aromatic N) is 1. The summed E-state index contributed by atoms with van der Waals surface area (Å²) in [5.74, 6) is 0. The van der Waals surface area contributed by atoms with Crippen molar-refractivity contribution >= 4 is 10.0 Å². The molecule has 0 aliphatic heterocycles. The van der Waals surface area contributed by atoms with Gasteiger partial charge in [0.25, 0.3) is 0 Å². The Hall–Kier alpha value is -1.39. The second-order valence-corrected chi connectivity index (χ2v) is 6.94. The zero-order valence-electron chi connectivity index (χ0n) is 12.3. The first-order chi connectivity index (χ1) is 9.37.